The topological polar surface area (TPSA) is 105 Å². The van der Waals surface area contributed by atoms with Gasteiger partial charge in [0.25, 0.3) is 0 Å². The molecule has 2 aromatic heterocycles. The average molecular weight is 563 g/mol. The van der Waals surface area contributed by atoms with Crippen LogP contribution in [0.5, 0.6) is 5.75 Å². The fourth-order valence-corrected chi connectivity index (χ4v) is 4.68. The predicted octanol–water partition coefficient (Wildman–Crippen LogP) is 5.05. The minimum Gasteiger partial charge on any atom is -0.466 e. The van der Waals surface area contributed by atoms with Gasteiger partial charge in [0.2, 0.25) is 5.60 Å². The van der Waals surface area contributed by atoms with E-state index >= 15 is 0 Å². The number of pyridine rings is 1. The maximum atomic E-state index is 13.1. The third-order valence-electron chi connectivity index (χ3n) is 6.42. The number of alkyl halides is 3. The van der Waals surface area contributed by atoms with E-state index in [4.69, 9.17) is 26.1 Å². The number of esters is 2. The molecule has 13 heteroatoms. The van der Waals surface area contributed by atoms with Gasteiger partial charge in [0, 0.05) is 49.0 Å². The van der Waals surface area contributed by atoms with Crippen LogP contribution in [0.3, 0.4) is 0 Å². The zero-order chi connectivity index (χ0) is 27.9. The quantitative estimate of drug-likeness (QED) is 0.371. The van der Waals surface area contributed by atoms with Crippen molar-refractivity contribution in [2.24, 2.45) is 4.99 Å². The van der Waals surface area contributed by atoms with Crippen LogP contribution >= 0.6 is 11.6 Å². The number of hydrogen-bond acceptors (Lipinski definition) is 8. The normalized spacial score (nSPS) is 17.3. The Morgan fingerprint density at radius 3 is 2.62 bits per heavy atom. The molecule has 0 N–H and O–H groups in total. The maximum absolute atomic E-state index is 13.1. The van der Waals surface area contributed by atoms with Crippen molar-refractivity contribution in [2.75, 3.05) is 7.11 Å². The smallest absolute Gasteiger partial charge is 0.466 e. The molecule has 204 valence electrons. The second kappa shape index (κ2) is 9.99. The molecule has 1 aliphatic carbocycles. The summed E-state index contributed by atoms with van der Waals surface area (Å²) in [4.78, 5) is 38.4. The van der Waals surface area contributed by atoms with E-state index in [1.807, 2.05) is 0 Å². The van der Waals surface area contributed by atoms with Gasteiger partial charge in [-0.2, -0.15) is 0 Å². The molecule has 1 fully saturated rings. The number of ether oxygens (including phenoxy) is 3. The number of rotatable bonds is 7. The van der Waals surface area contributed by atoms with Gasteiger partial charge < -0.3 is 14.2 Å². The Balaban J connectivity index is 1.56. The molecule has 0 spiro atoms. The van der Waals surface area contributed by atoms with Gasteiger partial charge in [-0.05, 0) is 31.5 Å². The van der Waals surface area contributed by atoms with E-state index < -0.39 is 35.7 Å². The van der Waals surface area contributed by atoms with Gasteiger partial charge in [-0.25, -0.2) is 9.78 Å². The minimum absolute atomic E-state index is 0.103. The summed E-state index contributed by atoms with van der Waals surface area (Å²) in [6.45, 7) is 1.74. The Labute approximate surface area is 225 Å². The first-order chi connectivity index (χ1) is 18.5. The van der Waals surface area contributed by atoms with Crippen molar-refractivity contribution < 1.29 is 37.0 Å². The molecular formula is C26H22ClF3N4O5. The number of aryl methyl sites for hydroxylation is 1. The summed E-state index contributed by atoms with van der Waals surface area (Å²) in [6, 6.07) is 6.98. The highest BCUT2D eigenvalue weighted by Gasteiger charge is 2.55. The molecule has 0 amide bonds. The largest absolute Gasteiger partial charge is 0.573 e. The zero-order valence-corrected chi connectivity index (χ0v) is 21.5. The number of hydrogen-bond donors (Lipinski definition) is 0. The van der Waals surface area contributed by atoms with E-state index in [1.54, 1.807) is 42.1 Å². The number of nitrogens with zero attached hydrogens (tertiary/aromatic N) is 4. The SMILES string of the molecule is COC(=O)C1(OC(=O)CC[C@@H]2N=C(c3ccccn3)c3cc(Cl)c(OC(F)(F)F)cc3-n3c(C)cnc32)CC1. The molecule has 3 aromatic rings. The second-order valence-corrected chi connectivity index (χ2v) is 9.56. The molecule has 39 heavy (non-hydrogen) atoms. The Bertz CT molecular complexity index is 1470. The third-order valence-corrected chi connectivity index (χ3v) is 6.72. The second-order valence-electron chi connectivity index (χ2n) is 9.15. The Hall–Kier alpha value is -3.93. The first-order valence-electron chi connectivity index (χ1n) is 11.9. The molecule has 0 unspecified atom stereocenters. The van der Waals surface area contributed by atoms with E-state index in [9.17, 15) is 22.8 Å². The van der Waals surface area contributed by atoms with Gasteiger partial charge in [0.15, 0.2) is 0 Å². The van der Waals surface area contributed by atoms with Crippen LogP contribution in [0, 0.1) is 6.92 Å². The average Bonchev–Trinajstić information content (AvgIpc) is 3.60. The van der Waals surface area contributed by atoms with Crippen molar-refractivity contribution in [2.45, 2.75) is 50.6 Å². The van der Waals surface area contributed by atoms with Gasteiger partial charge in [-0.3, -0.25) is 19.3 Å². The van der Waals surface area contributed by atoms with Crippen LogP contribution in [-0.2, 0) is 19.1 Å². The number of carbonyl (C=O) groups is 2. The van der Waals surface area contributed by atoms with E-state index in [-0.39, 0.29) is 17.9 Å². The number of aromatic nitrogens is 3. The lowest BCUT2D eigenvalue weighted by Crippen LogP contribution is -2.30. The molecule has 3 heterocycles. The fourth-order valence-electron chi connectivity index (χ4n) is 4.48. The van der Waals surface area contributed by atoms with Crippen LogP contribution in [-0.4, -0.2) is 51.3 Å². The zero-order valence-electron chi connectivity index (χ0n) is 20.8. The maximum Gasteiger partial charge on any atom is 0.573 e. The highest BCUT2D eigenvalue weighted by Crippen LogP contribution is 2.42. The summed E-state index contributed by atoms with van der Waals surface area (Å²) in [5.41, 5.74) is 0.873. The van der Waals surface area contributed by atoms with Gasteiger partial charge in [0.05, 0.1) is 29.2 Å². The lowest BCUT2D eigenvalue weighted by atomic mass is 10.0. The molecular weight excluding hydrogens is 541 g/mol. The molecule has 1 saturated carbocycles. The highest BCUT2D eigenvalue weighted by atomic mass is 35.5. The van der Waals surface area contributed by atoms with Crippen LogP contribution in [0.1, 0.15) is 54.5 Å². The Kier molecular flexibility index (Phi) is 6.83. The summed E-state index contributed by atoms with van der Waals surface area (Å²) in [7, 11) is 1.23. The first kappa shape index (κ1) is 26.7. The molecule has 9 nitrogen and oxygen atoms in total. The van der Waals surface area contributed by atoms with Crippen molar-refractivity contribution in [1.82, 2.24) is 14.5 Å². The summed E-state index contributed by atoms with van der Waals surface area (Å²) >= 11 is 6.23. The lowest BCUT2D eigenvalue weighted by Gasteiger charge is -2.17. The number of aliphatic imine (C=N–C) groups is 1. The van der Waals surface area contributed by atoms with Gasteiger partial charge in [0.1, 0.15) is 17.6 Å². The van der Waals surface area contributed by atoms with E-state index in [0.717, 1.165) is 0 Å². The summed E-state index contributed by atoms with van der Waals surface area (Å²) < 4.78 is 55.3. The molecule has 0 radical (unpaired) electrons. The molecule has 1 aliphatic heterocycles. The lowest BCUT2D eigenvalue weighted by molar-refractivity contribution is -0.274. The van der Waals surface area contributed by atoms with E-state index in [2.05, 4.69) is 14.7 Å². The van der Waals surface area contributed by atoms with Crippen LogP contribution in [0.2, 0.25) is 5.02 Å². The van der Waals surface area contributed by atoms with Crippen molar-refractivity contribution in [3.63, 3.8) is 0 Å². The van der Waals surface area contributed by atoms with Crippen molar-refractivity contribution in [3.8, 4) is 11.4 Å². The molecule has 1 atom stereocenters. The summed E-state index contributed by atoms with van der Waals surface area (Å²) in [5, 5.41) is -0.270. The Morgan fingerprint density at radius 1 is 1.21 bits per heavy atom. The fraction of sp³-hybridized carbons (Fsp3) is 0.346. The molecule has 5 rings (SSSR count). The van der Waals surface area contributed by atoms with Crippen LogP contribution in [0.15, 0.2) is 47.7 Å². The molecule has 0 saturated heterocycles. The van der Waals surface area contributed by atoms with Gasteiger partial charge in [-0.15, -0.1) is 13.2 Å². The van der Waals surface area contributed by atoms with E-state index in [1.165, 1.54) is 19.2 Å². The standard InChI is InChI=1S/C26H22ClF3N4O5/c1-14-13-32-23-18(6-7-21(35)39-25(8-9-25)24(36)37-2)33-22(17-5-3-4-10-31-17)15-11-16(27)20(38-26(28,29)30)12-19(15)34(14)23/h3-5,10-13,18H,6-9H2,1-2H3/t18-/m0/s1. The number of methoxy groups -OCH3 is 1. The number of fused-ring (bicyclic) bond motifs is 3. The van der Waals surface area contributed by atoms with E-state index in [0.29, 0.717) is 47.0 Å². The van der Waals surface area contributed by atoms with Crippen molar-refractivity contribution in [3.05, 3.63) is 70.5 Å². The van der Waals surface area contributed by atoms with Gasteiger partial charge >= 0.3 is 18.3 Å². The number of carbonyl (C=O) groups excluding carboxylic acids is 2. The van der Waals surface area contributed by atoms with Crippen LogP contribution in [0.25, 0.3) is 5.69 Å². The third kappa shape index (κ3) is 5.33. The number of benzene rings is 1. The first-order valence-corrected chi connectivity index (χ1v) is 12.3. The Morgan fingerprint density at radius 2 is 1.97 bits per heavy atom. The number of imidazole rings is 1. The van der Waals surface area contributed by atoms with Gasteiger partial charge in [-0.1, -0.05) is 17.7 Å². The predicted molar refractivity (Wildman–Crippen MR) is 132 cm³/mol. The van der Waals surface area contributed by atoms with Crippen LogP contribution in [0.4, 0.5) is 13.2 Å². The summed E-state index contributed by atoms with van der Waals surface area (Å²) in [6.07, 6.45) is -1.04. The van der Waals surface area contributed by atoms with Crippen molar-refractivity contribution >= 4 is 29.3 Å². The molecule has 2 aliphatic rings. The number of halogens is 4. The van der Waals surface area contributed by atoms with Crippen LogP contribution < -0.4 is 4.74 Å². The molecule has 0 bridgehead atoms. The monoisotopic (exact) mass is 562 g/mol. The minimum atomic E-state index is -4.96. The summed E-state index contributed by atoms with van der Waals surface area (Å²) in [5.74, 6) is -1.40. The van der Waals surface area contributed by atoms with Crippen molar-refractivity contribution in [1.29, 1.82) is 0 Å². The highest BCUT2D eigenvalue weighted by molar-refractivity contribution is 6.33. The molecule has 1 aromatic carbocycles.